The van der Waals surface area contributed by atoms with Crippen LogP contribution < -0.4 is 9.95 Å². The van der Waals surface area contributed by atoms with Gasteiger partial charge < -0.3 is 24.1 Å². The van der Waals surface area contributed by atoms with E-state index in [1.807, 2.05) is 0 Å². The average Bonchev–Trinajstić information content (AvgIpc) is 2.67. The molecular weight excluding hydrogens is 471 g/mol. The van der Waals surface area contributed by atoms with Crippen LogP contribution in [-0.2, 0) is 4.57 Å². The summed E-state index contributed by atoms with van der Waals surface area (Å²) in [4.78, 5) is 33.7. The first-order chi connectivity index (χ1) is 15.4. The number of hydrogen-bond acceptors (Lipinski definition) is 7. The van der Waals surface area contributed by atoms with Gasteiger partial charge in [0.25, 0.3) is 0 Å². The quantitative estimate of drug-likeness (QED) is 0.320. The number of phenols is 1. The van der Waals surface area contributed by atoms with Crippen molar-refractivity contribution < 1.29 is 33.5 Å². The Morgan fingerprint density at radius 1 is 1.30 bits per heavy atom. The van der Waals surface area contributed by atoms with Crippen LogP contribution in [0.3, 0.4) is 0 Å². The molecule has 2 heterocycles. The second kappa shape index (κ2) is 8.47. The maximum absolute atomic E-state index is 13.0. The molecule has 2 radical (unpaired) electrons. The number of fused-ring (bicyclic) bond motifs is 1. The van der Waals surface area contributed by atoms with Crippen molar-refractivity contribution in [2.24, 2.45) is 0 Å². The summed E-state index contributed by atoms with van der Waals surface area (Å²) in [7, 11) is 2.84. The van der Waals surface area contributed by atoms with E-state index in [1.54, 1.807) is 36.2 Å². The average molecular weight is 492 g/mol. The van der Waals surface area contributed by atoms with Crippen molar-refractivity contribution in [3.8, 4) is 22.8 Å². The number of likely N-dealkylation sites (tertiary alicyclic amines) is 1. The number of aliphatic hydroxyl groups is 1. The van der Waals surface area contributed by atoms with Gasteiger partial charge in [-0.05, 0) is 32.1 Å². The highest BCUT2D eigenvalue weighted by Crippen LogP contribution is 2.49. The fraction of sp³-hybridized carbons (Fsp3) is 0.286. The molecule has 2 atom stereocenters. The van der Waals surface area contributed by atoms with E-state index in [0.717, 1.165) is 12.1 Å². The highest BCUT2D eigenvalue weighted by Gasteiger charge is 2.41. The van der Waals surface area contributed by atoms with E-state index in [4.69, 9.17) is 28.4 Å². The SMILES string of the molecule is [B][C@@]1(O)CN(C)CC[C@@H]1c1c(OP(=O)(O)O)cc(O)c2c(=O)cc(-c3ccccc3Cl)oc12. The maximum Gasteiger partial charge on any atom is 0.524 e. The number of β-amino-alcohol motifs (C(OH)–C–C–N with tert-alkyl or cyclic N) is 1. The van der Waals surface area contributed by atoms with Crippen LogP contribution in [0.5, 0.6) is 11.5 Å². The molecule has 1 saturated heterocycles. The lowest BCUT2D eigenvalue weighted by molar-refractivity contribution is 0.0261. The Hall–Kier alpha value is -2.33. The smallest absolute Gasteiger partial charge is 0.507 e. The molecule has 0 amide bonds. The molecule has 12 heteroatoms. The molecule has 172 valence electrons. The van der Waals surface area contributed by atoms with Crippen LogP contribution in [0, 0.1) is 0 Å². The number of rotatable bonds is 4. The van der Waals surface area contributed by atoms with Crippen molar-refractivity contribution in [3.05, 3.63) is 57.2 Å². The first kappa shape index (κ1) is 23.8. The predicted molar refractivity (Wildman–Crippen MR) is 123 cm³/mol. The zero-order valence-electron chi connectivity index (χ0n) is 17.4. The fourth-order valence-corrected chi connectivity index (χ4v) is 4.89. The Labute approximate surface area is 194 Å². The standard InChI is InChI=1S/C21H20BClNO8P/c1-24-7-6-12(21(22,27)10-24)18-17(32-33(28,29)30)9-15(26)19-14(25)8-16(31-20(18)19)11-4-2-3-5-13(11)23/h2-5,8-9,12,26-27H,6-7,10H2,1H3,(H2,28,29,30)/t12-,21-/m1/s1. The summed E-state index contributed by atoms with van der Waals surface area (Å²) in [6.07, 6.45) is 0.251. The molecule has 0 aliphatic carbocycles. The summed E-state index contributed by atoms with van der Waals surface area (Å²) in [6.45, 7) is 0.514. The first-order valence-corrected chi connectivity index (χ1v) is 11.8. The zero-order valence-corrected chi connectivity index (χ0v) is 19.1. The molecule has 9 nitrogen and oxygen atoms in total. The number of halogens is 1. The van der Waals surface area contributed by atoms with Gasteiger partial charge in [-0.3, -0.25) is 14.6 Å². The van der Waals surface area contributed by atoms with E-state index in [0.29, 0.717) is 17.1 Å². The van der Waals surface area contributed by atoms with E-state index in [2.05, 4.69) is 0 Å². The lowest BCUT2D eigenvalue weighted by atomic mass is 9.65. The van der Waals surface area contributed by atoms with E-state index in [-0.39, 0.29) is 35.3 Å². The molecule has 0 unspecified atom stereocenters. The van der Waals surface area contributed by atoms with Gasteiger partial charge >= 0.3 is 7.82 Å². The fourth-order valence-electron chi connectivity index (χ4n) is 4.25. The van der Waals surface area contributed by atoms with E-state index in [9.17, 15) is 29.4 Å². The molecule has 2 aromatic carbocycles. The van der Waals surface area contributed by atoms with Crippen LogP contribution in [0.2, 0.25) is 5.02 Å². The number of phosphoric acid groups is 1. The monoisotopic (exact) mass is 491 g/mol. The van der Waals surface area contributed by atoms with Crippen LogP contribution in [0.4, 0.5) is 0 Å². The van der Waals surface area contributed by atoms with Crippen molar-refractivity contribution in [2.75, 3.05) is 20.1 Å². The van der Waals surface area contributed by atoms with Gasteiger partial charge in [-0.1, -0.05) is 23.7 Å². The Bertz CT molecular complexity index is 1340. The number of phenolic OH excluding ortho intramolecular Hbond substituents is 1. The maximum atomic E-state index is 13.0. The molecule has 0 bridgehead atoms. The second-order valence-corrected chi connectivity index (χ2v) is 9.69. The minimum atomic E-state index is -5.09. The van der Waals surface area contributed by atoms with E-state index >= 15 is 0 Å². The summed E-state index contributed by atoms with van der Waals surface area (Å²) >= 11 is 6.26. The van der Waals surface area contributed by atoms with Crippen LogP contribution in [0.15, 0.2) is 45.6 Å². The lowest BCUT2D eigenvalue weighted by Crippen LogP contribution is -2.52. The van der Waals surface area contributed by atoms with Crippen molar-refractivity contribution >= 4 is 38.2 Å². The summed E-state index contributed by atoms with van der Waals surface area (Å²) in [6, 6.07) is 8.67. The zero-order chi connectivity index (χ0) is 24.1. The molecule has 1 aliphatic heterocycles. The molecule has 4 N–H and O–H groups in total. The van der Waals surface area contributed by atoms with Gasteiger partial charge in [0.15, 0.2) is 5.43 Å². The largest absolute Gasteiger partial charge is 0.524 e. The third kappa shape index (κ3) is 4.68. The Kier molecular flexibility index (Phi) is 6.11. The number of hydrogen-bond donors (Lipinski definition) is 4. The minimum absolute atomic E-state index is 0.0316. The van der Waals surface area contributed by atoms with Gasteiger partial charge in [-0.2, -0.15) is 0 Å². The van der Waals surface area contributed by atoms with Gasteiger partial charge in [0, 0.05) is 41.2 Å². The van der Waals surface area contributed by atoms with Gasteiger partial charge in [-0.15, -0.1) is 0 Å². The minimum Gasteiger partial charge on any atom is -0.507 e. The van der Waals surface area contributed by atoms with Gasteiger partial charge in [0.05, 0.1) is 5.02 Å². The molecule has 3 aromatic rings. The number of nitrogens with zero attached hydrogens (tertiary/aromatic N) is 1. The number of phosphoric ester groups is 1. The van der Waals surface area contributed by atoms with Crippen molar-refractivity contribution in [3.63, 3.8) is 0 Å². The molecule has 1 fully saturated rings. The van der Waals surface area contributed by atoms with Crippen LogP contribution in [-0.4, -0.2) is 58.4 Å². The van der Waals surface area contributed by atoms with Gasteiger partial charge in [0.2, 0.25) is 0 Å². The van der Waals surface area contributed by atoms with Crippen molar-refractivity contribution in [1.29, 1.82) is 0 Å². The summed E-state index contributed by atoms with van der Waals surface area (Å²) in [5.74, 6) is -1.94. The van der Waals surface area contributed by atoms with Gasteiger partial charge in [-0.25, -0.2) is 4.57 Å². The summed E-state index contributed by atoms with van der Waals surface area (Å²) < 4.78 is 22.5. The number of likely N-dealkylation sites (N-methyl/N-ethyl adjacent to an activating group) is 1. The highest BCUT2D eigenvalue weighted by molar-refractivity contribution is 7.46. The van der Waals surface area contributed by atoms with Crippen molar-refractivity contribution in [1.82, 2.24) is 4.90 Å². The molecule has 1 aromatic heterocycles. The molecule has 0 spiro atoms. The predicted octanol–water partition coefficient (Wildman–Crippen LogP) is 2.57. The van der Waals surface area contributed by atoms with Crippen molar-refractivity contribution in [2.45, 2.75) is 17.8 Å². The lowest BCUT2D eigenvalue weighted by Gasteiger charge is -2.42. The van der Waals surface area contributed by atoms with Crippen LogP contribution in [0.1, 0.15) is 17.9 Å². The number of benzene rings is 2. The Morgan fingerprint density at radius 2 is 2.00 bits per heavy atom. The van der Waals surface area contributed by atoms with E-state index in [1.165, 1.54) is 0 Å². The highest BCUT2D eigenvalue weighted by atomic mass is 35.5. The number of aromatic hydroxyl groups is 1. The number of piperidine rings is 1. The molecule has 4 rings (SSSR count). The molecule has 0 saturated carbocycles. The molecule has 33 heavy (non-hydrogen) atoms. The van der Waals surface area contributed by atoms with Crippen LogP contribution >= 0.6 is 19.4 Å². The summed E-state index contributed by atoms with van der Waals surface area (Å²) in [5, 5.41) is 21.6. The second-order valence-electron chi connectivity index (χ2n) is 8.12. The first-order valence-electron chi connectivity index (χ1n) is 9.91. The third-order valence-electron chi connectivity index (χ3n) is 5.61. The Balaban J connectivity index is 2.08. The molecular formula is C21H20BClNO8P. The third-order valence-corrected chi connectivity index (χ3v) is 6.38. The summed E-state index contributed by atoms with van der Waals surface area (Å²) in [5.41, 5.74) is -2.34. The van der Waals surface area contributed by atoms with E-state index < -0.39 is 36.2 Å². The Morgan fingerprint density at radius 3 is 2.64 bits per heavy atom. The van der Waals surface area contributed by atoms with Gasteiger partial charge in [0.1, 0.15) is 36.1 Å². The van der Waals surface area contributed by atoms with Crippen LogP contribution in [0.25, 0.3) is 22.3 Å². The molecule has 1 aliphatic rings. The topological polar surface area (TPSA) is 141 Å². The normalized spacial score (nSPS) is 21.9.